The summed E-state index contributed by atoms with van der Waals surface area (Å²) in [4.78, 5) is 0. The Hall–Kier alpha value is -2.09. The van der Waals surface area contributed by atoms with Gasteiger partial charge in [-0.3, -0.25) is 4.68 Å². The van der Waals surface area contributed by atoms with Crippen molar-refractivity contribution in [2.45, 2.75) is 12.7 Å². The van der Waals surface area contributed by atoms with Gasteiger partial charge in [0, 0.05) is 18.9 Å². The second-order valence-electron chi connectivity index (χ2n) is 4.33. The van der Waals surface area contributed by atoms with Crippen LogP contribution in [0, 0.1) is 0 Å². The zero-order chi connectivity index (χ0) is 15.5. The Kier molecular flexibility index (Phi) is 4.46. The average Bonchev–Trinajstić information content (AvgIpc) is 2.81. The number of anilines is 1. The molecule has 0 saturated heterocycles. The summed E-state index contributed by atoms with van der Waals surface area (Å²) in [5.41, 5.74) is 0.470. The van der Waals surface area contributed by atoms with Crippen molar-refractivity contribution < 1.29 is 13.2 Å². The van der Waals surface area contributed by atoms with Crippen molar-refractivity contribution in [1.82, 2.24) is 15.1 Å². The van der Waals surface area contributed by atoms with Gasteiger partial charge in [0.2, 0.25) is 0 Å². The van der Waals surface area contributed by atoms with E-state index in [0.29, 0.717) is 6.54 Å². The highest BCUT2D eigenvalue weighted by molar-refractivity contribution is 7.80. The first-order chi connectivity index (χ1) is 9.86. The fourth-order valence-corrected chi connectivity index (χ4v) is 1.88. The predicted octanol–water partition coefficient (Wildman–Crippen LogP) is 2.93. The van der Waals surface area contributed by atoms with Gasteiger partial charge in [0.1, 0.15) is 0 Å². The maximum atomic E-state index is 12.6. The summed E-state index contributed by atoms with van der Waals surface area (Å²) in [6.45, 7) is 0.432. The third-order valence-corrected chi connectivity index (χ3v) is 3.05. The summed E-state index contributed by atoms with van der Waals surface area (Å²) >= 11 is 5.06. The normalized spacial score (nSPS) is 11.2. The number of halogens is 3. The van der Waals surface area contributed by atoms with E-state index >= 15 is 0 Å². The van der Waals surface area contributed by atoms with Crippen LogP contribution in [-0.4, -0.2) is 14.9 Å². The van der Waals surface area contributed by atoms with Gasteiger partial charge in [0.25, 0.3) is 0 Å². The van der Waals surface area contributed by atoms with Crippen LogP contribution in [0.25, 0.3) is 0 Å². The van der Waals surface area contributed by atoms with Gasteiger partial charge in [-0.15, -0.1) is 0 Å². The van der Waals surface area contributed by atoms with Gasteiger partial charge in [-0.1, -0.05) is 6.07 Å². The second kappa shape index (κ2) is 6.13. The van der Waals surface area contributed by atoms with Gasteiger partial charge in [-0.2, -0.15) is 18.3 Å². The maximum Gasteiger partial charge on any atom is 0.416 e. The maximum absolute atomic E-state index is 12.6. The molecule has 21 heavy (non-hydrogen) atoms. The lowest BCUT2D eigenvalue weighted by Crippen LogP contribution is -2.28. The molecule has 1 heterocycles. The summed E-state index contributed by atoms with van der Waals surface area (Å²) < 4.78 is 39.5. The standard InChI is InChI=1S/C13H13F3N4S/c1-20-11(5-6-18-20)8-17-12(21)19-10-4-2-3-9(7-10)13(14,15)16/h2-7H,8H2,1H3,(H2,17,19,21). The van der Waals surface area contributed by atoms with E-state index < -0.39 is 11.7 Å². The Bertz CT molecular complexity index is 636. The fraction of sp³-hybridized carbons (Fsp3) is 0.231. The molecule has 0 bridgehead atoms. The first kappa shape index (κ1) is 15.3. The summed E-state index contributed by atoms with van der Waals surface area (Å²) in [7, 11) is 1.79. The van der Waals surface area contributed by atoms with Gasteiger partial charge in [-0.25, -0.2) is 0 Å². The number of hydrogen-bond donors (Lipinski definition) is 2. The number of rotatable bonds is 3. The van der Waals surface area contributed by atoms with Crippen LogP contribution in [0.5, 0.6) is 0 Å². The lowest BCUT2D eigenvalue weighted by molar-refractivity contribution is -0.137. The number of aromatic nitrogens is 2. The SMILES string of the molecule is Cn1nccc1CNC(=S)Nc1cccc(C(F)(F)F)c1. The number of aryl methyl sites for hydroxylation is 1. The lowest BCUT2D eigenvalue weighted by Gasteiger charge is -2.12. The van der Waals surface area contributed by atoms with Gasteiger partial charge in [0.05, 0.1) is 17.8 Å². The van der Waals surface area contributed by atoms with Crippen molar-refractivity contribution in [1.29, 1.82) is 0 Å². The third kappa shape index (κ3) is 4.19. The van der Waals surface area contributed by atoms with Crippen molar-refractivity contribution in [3.63, 3.8) is 0 Å². The Balaban J connectivity index is 1.95. The van der Waals surface area contributed by atoms with E-state index in [2.05, 4.69) is 15.7 Å². The minimum absolute atomic E-state index is 0.246. The molecule has 112 valence electrons. The Morgan fingerprint density at radius 3 is 2.71 bits per heavy atom. The lowest BCUT2D eigenvalue weighted by atomic mass is 10.2. The average molecular weight is 314 g/mol. The zero-order valence-electron chi connectivity index (χ0n) is 11.1. The zero-order valence-corrected chi connectivity index (χ0v) is 11.9. The fourth-order valence-electron chi connectivity index (χ4n) is 1.69. The number of thiocarbonyl (C=S) groups is 1. The molecule has 0 atom stereocenters. The van der Waals surface area contributed by atoms with Gasteiger partial charge in [0.15, 0.2) is 5.11 Å². The molecule has 0 aliphatic carbocycles. The third-order valence-electron chi connectivity index (χ3n) is 2.80. The van der Waals surface area contributed by atoms with Crippen LogP contribution in [0.15, 0.2) is 36.5 Å². The van der Waals surface area contributed by atoms with Gasteiger partial charge < -0.3 is 10.6 Å². The number of alkyl halides is 3. The summed E-state index contributed by atoms with van der Waals surface area (Å²) in [5, 5.41) is 9.89. The second-order valence-corrected chi connectivity index (χ2v) is 4.74. The molecule has 4 nitrogen and oxygen atoms in total. The molecule has 0 aliphatic heterocycles. The van der Waals surface area contributed by atoms with E-state index in [-0.39, 0.29) is 10.8 Å². The van der Waals surface area contributed by atoms with E-state index in [1.807, 2.05) is 6.07 Å². The molecule has 8 heteroatoms. The first-order valence-electron chi connectivity index (χ1n) is 6.05. The molecule has 0 spiro atoms. The molecule has 2 N–H and O–H groups in total. The molecule has 0 aliphatic rings. The molecule has 1 aromatic heterocycles. The highest BCUT2D eigenvalue weighted by Crippen LogP contribution is 2.30. The molecule has 0 amide bonds. The van der Waals surface area contributed by atoms with Crippen molar-refractivity contribution in [2.24, 2.45) is 7.05 Å². The molecule has 0 saturated carbocycles. The quantitative estimate of drug-likeness (QED) is 0.855. The molecule has 0 fully saturated rings. The minimum Gasteiger partial charge on any atom is -0.357 e. The number of benzene rings is 1. The molecule has 0 radical (unpaired) electrons. The summed E-state index contributed by atoms with van der Waals surface area (Å²) in [5.74, 6) is 0. The van der Waals surface area contributed by atoms with Crippen LogP contribution in [-0.2, 0) is 19.8 Å². The van der Waals surface area contributed by atoms with E-state index in [9.17, 15) is 13.2 Å². The highest BCUT2D eigenvalue weighted by atomic mass is 32.1. The molecular formula is C13H13F3N4S. The van der Waals surface area contributed by atoms with Crippen molar-refractivity contribution in [2.75, 3.05) is 5.32 Å². The van der Waals surface area contributed by atoms with Crippen molar-refractivity contribution in [3.05, 3.63) is 47.8 Å². The number of nitrogens with one attached hydrogen (secondary N) is 2. The highest BCUT2D eigenvalue weighted by Gasteiger charge is 2.30. The number of hydrogen-bond acceptors (Lipinski definition) is 2. The monoisotopic (exact) mass is 314 g/mol. The van der Waals surface area contributed by atoms with Crippen LogP contribution < -0.4 is 10.6 Å². The van der Waals surface area contributed by atoms with Gasteiger partial charge in [-0.05, 0) is 36.5 Å². The van der Waals surface area contributed by atoms with Crippen molar-refractivity contribution in [3.8, 4) is 0 Å². The van der Waals surface area contributed by atoms with E-state index in [0.717, 1.165) is 17.8 Å². The Morgan fingerprint density at radius 2 is 2.10 bits per heavy atom. The summed E-state index contributed by atoms with van der Waals surface area (Å²) in [6, 6.07) is 6.69. The molecule has 2 rings (SSSR count). The van der Waals surface area contributed by atoms with E-state index in [4.69, 9.17) is 12.2 Å². The Morgan fingerprint density at radius 1 is 1.33 bits per heavy atom. The smallest absolute Gasteiger partial charge is 0.357 e. The van der Waals surface area contributed by atoms with Crippen LogP contribution in [0.1, 0.15) is 11.3 Å². The van der Waals surface area contributed by atoms with Crippen LogP contribution in [0.4, 0.5) is 18.9 Å². The van der Waals surface area contributed by atoms with E-state index in [1.165, 1.54) is 12.1 Å². The topological polar surface area (TPSA) is 41.9 Å². The predicted molar refractivity (Wildman–Crippen MR) is 77.7 cm³/mol. The van der Waals surface area contributed by atoms with Crippen LogP contribution >= 0.6 is 12.2 Å². The van der Waals surface area contributed by atoms with Crippen LogP contribution in [0.2, 0.25) is 0 Å². The molecule has 2 aromatic rings. The minimum atomic E-state index is -4.37. The largest absolute Gasteiger partial charge is 0.416 e. The first-order valence-corrected chi connectivity index (χ1v) is 6.46. The molecular weight excluding hydrogens is 301 g/mol. The summed E-state index contributed by atoms with van der Waals surface area (Å²) in [6.07, 6.45) is -2.72. The van der Waals surface area contributed by atoms with Gasteiger partial charge >= 0.3 is 6.18 Å². The molecule has 0 unspecified atom stereocenters. The van der Waals surface area contributed by atoms with Crippen molar-refractivity contribution >= 4 is 23.0 Å². The Labute approximate surface area is 125 Å². The van der Waals surface area contributed by atoms with E-state index in [1.54, 1.807) is 17.9 Å². The number of nitrogens with zero attached hydrogens (tertiary/aromatic N) is 2. The van der Waals surface area contributed by atoms with Crippen LogP contribution in [0.3, 0.4) is 0 Å². The molecule has 1 aromatic carbocycles.